The van der Waals surface area contributed by atoms with Gasteiger partial charge in [0.2, 0.25) is 0 Å². The number of hydrogen-bond acceptors (Lipinski definition) is 5. The molecule has 35 heavy (non-hydrogen) atoms. The molecule has 0 atom stereocenters. The topological polar surface area (TPSA) is 70.1 Å². The second-order valence-electron chi connectivity index (χ2n) is 8.25. The van der Waals surface area contributed by atoms with E-state index in [9.17, 15) is 13.5 Å². The molecule has 1 N–H and O–H groups in total. The molecule has 4 rings (SSSR count). The molecule has 1 saturated heterocycles. The summed E-state index contributed by atoms with van der Waals surface area (Å²) in [7, 11) is -4.15. The van der Waals surface area contributed by atoms with Gasteiger partial charge in [-0.3, -0.25) is 9.21 Å². The molecule has 1 aliphatic heterocycles. The third kappa shape index (κ3) is 6.16. The molecule has 0 bridgehead atoms. The average Bonchev–Trinajstić information content (AvgIpc) is 3.35. The minimum absolute atomic E-state index is 0.0338. The van der Waals surface area contributed by atoms with Crippen molar-refractivity contribution in [1.82, 2.24) is 4.90 Å². The van der Waals surface area contributed by atoms with Gasteiger partial charge in [0, 0.05) is 6.54 Å². The van der Waals surface area contributed by atoms with E-state index in [-0.39, 0.29) is 32.3 Å². The molecule has 6 nitrogen and oxygen atoms in total. The van der Waals surface area contributed by atoms with Gasteiger partial charge in [-0.1, -0.05) is 46.9 Å². The number of nitrogens with zero attached hydrogens (tertiary/aromatic N) is 2. The Bertz CT molecular complexity index is 1280. The van der Waals surface area contributed by atoms with E-state index >= 15 is 0 Å². The maximum absolute atomic E-state index is 13.8. The minimum Gasteiger partial charge on any atom is -0.508 e. The monoisotopic (exact) mass is 554 g/mol. The summed E-state index contributed by atoms with van der Waals surface area (Å²) in [6, 6.07) is 16.0. The molecule has 0 radical (unpaired) electrons. The van der Waals surface area contributed by atoms with Crippen molar-refractivity contribution < 1.29 is 18.3 Å². The van der Waals surface area contributed by atoms with E-state index in [0.717, 1.165) is 19.6 Å². The van der Waals surface area contributed by atoms with E-state index in [1.54, 1.807) is 36.4 Å². The van der Waals surface area contributed by atoms with E-state index in [0.29, 0.717) is 23.6 Å². The van der Waals surface area contributed by atoms with Gasteiger partial charge >= 0.3 is 0 Å². The van der Waals surface area contributed by atoms with Gasteiger partial charge in [0.1, 0.15) is 23.0 Å². The van der Waals surface area contributed by atoms with Gasteiger partial charge in [0.15, 0.2) is 0 Å². The van der Waals surface area contributed by atoms with Crippen LogP contribution in [0.5, 0.6) is 11.5 Å². The highest BCUT2D eigenvalue weighted by Gasteiger charge is 2.29. The largest absolute Gasteiger partial charge is 0.508 e. The third-order valence-corrected chi connectivity index (χ3v) is 9.03. The van der Waals surface area contributed by atoms with Crippen LogP contribution in [0.1, 0.15) is 18.4 Å². The van der Waals surface area contributed by atoms with Crippen LogP contribution in [0.15, 0.2) is 65.6 Å². The van der Waals surface area contributed by atoms with Gasteiger partial charge in [0.25, 0.3) is 10.0 Å². The van der Waals surface area contributed by atoms with Crippen molar-refractivity contribution in [2.24, 2.45) is 0 Å². The first-order valence-corrected chi connectivity index (χ1v) is 13.7. The van der Waals surface area contributed by atoms with Crippen LogP contribution in [0.25, 0.3) is 0 Å². The van der Waals surface area contributed by atoms with Crippen LogP contribution in [0.2, 0.25) is 15.1 Å². The van der Waals surface area contributed by atoms with E-state index in [1.165, 1.54) is 41.4 Å². The van der Waals surface area contributed by atoms with Crippen molar-refractivity contribution in [3.05, 3.63) is 81.3 Å². The van der Waals surface area contributed by atoms with Gasteiger partial charge in [-0.25, -0.2) is 8.42 Å². The molecule has 1 fully saturated rings. The minimum atomic E-state index is -4.15. The lowest BCUT2D eigenvalue weighted by molar-refractivity contribution is 0.238. The molecule has 186 valence electrons. The van der Waals surface area contributed by atoms with Gasteiger partial charge in [-0.05, 0) is 80.0 Å². The van der Waals surface area contributed by atoms with Crippen LogP contribution in [-0.2, 0) is 16.6 Å². The number of phenols is 1. The fourth-order valence-corrected chi connectivity index (χ4v) is 6.38. The average molecular weight is 556 g/mol. The maximum atomic E-state index is 13.8. The van der Waals surface area contributed by atoms with Crippen molar-refractivity contribution in [1.29, 1.82) is 0 Å². The molecule has 3 aromatic rings. The third-order valence-electron chi connectivity index (χ3n) is 5.80. The zero-order valence-electron chi connectivity index (χ0n) is 18.8. The van der Waals surface area contributed by atoms with Crippen LogP contribution in [0, 0.1) is 0 Å². The molecule has 0 spiro atoms. The lowest BCUT2D eigenvalue weighted by atomic mass is 10.2. The second-order valence-corrected chi connectivity index (χ2v) is 11.2. The predicted molar refractivity (Wildman–Crippen MR) is 141 cm³/mol. The quantitative estimate of drug-likeness (QED) is 0.317. The predicted octanol–water partition coefficient (Wildman–Crippen LogP) is 6.22. The Balaban J connectivity index is 1.62. The van der Waals surface area contributed by atoms with Crippen LogP contribution >= 0.6 is 34.8 Å². The van der Waals surface area contributed by atoms with Gasteiger partial charge in [0.05, 0.1) is 27.3 Å². The lowest BCUT2D eigenvalue weighted by Crippen LogP contribution is -2.31. The highest BCUT2D eigenvalue weighted by molar-refractivity contribution is 7.93. The Morgan fingerprint density at radius 3 is 2.34 bits per heavy atom. The Morgan fingerprint density at radius 2 is 1.66 bits per heavy atom. The Hall–Kier alpha value is -2.16. The Kier molecular flexibility index (Phi) is 8.34. The fraction of sp³-hybridized carbons (Fsp3) is 0.280. The van der Waals surface area contributed by atoms with Crippen molar-refractivity contribution in [2.45, 2.75) is 24.3 Å². The summed E-state index contributed by atoms with van der Waals surface area (Å²) >= 11 is 18.4. The summed E-state index contributed by atoms with van der Waals surface area (Å²) in [4.78, 5) is 2.19. The van der Waals surface area contributed by atoms with Crippen LogP contribution in [-0.4, -0.2) is 44.7 Å². The first kappa shape index (κ1) is 25.9. The van der Waals surface area contributed by atoms with Crippen molar-refractivity contribution in [3.8, 4) is 11.5 Å². The molecule has 1 aliphatic rings. The highest BCUT2D eigenvalue weighted by atomic mass is 35.5. The van der Waals surface area contributed by atoms with Gasteiger partial charge in [-0.15, -0.1) is 0 Å². The molecule has 1 heterocycles. The normalized spacial score (nSPS) is 14.3. The molecular formula is C25H25Cl3N2O4S. The summed E-state index contributed by atoms with van der Waals surface area (Å²) in [6.45, 7) is 3.57. The van der Waals surface area contributed by atoms with E-state index in [4.69, 9.17) is 39.5 Å². The Morgan fingerprint density at radius 1 is 0.943 bits per heavy atom. The number of aromatic hydroxyl groups is 1. The number of halogens is 3. The number of rotatable bonds is 9. The number of likely N-dealkylation sites (tertiary alicyclic amines) is 1. The lowest BCUT2D eigenvalue weighted by Gasteiger charge is -2.26. The zero-order valence-corrected chi connectivity index (χ0v) is 21.9. The summed E-state index contributed by atoms with van der Waals surface area (Å²) in [6.07, 6.45) is 2.45. The molecule has 3 aromatic carbocycles. The van der Waals surface area contributed by atoms with E-state index < -0.39 is 10.0 Å². The second kappa shape index (κ2) is 11.3. The molecule has 0 amide bonds. The molecule has 10 heteroatoms. The smallest absolute Gasteiger partial charge is 0.266 e. The van der Waals surface area contributed by atoms with Crippen LogP contribution in [0.4, 0.5) is 5.69 Å². The number of phenolic OH excluding ortho intramolecular Hbond substituents is 1. The first-order chi connectivity index (χ1) is 16.8. The number of anilines is 1. The van der Waals surface area contributed by atoms with Gasteiger partial charge in [-0.2, -0.15) is 0 Å². The summed E-state index contributed by atoms with van der Waals surface area (Å²) in [5.74, 6) is 0.685. The zero-order chi connectivity index (χ0) is 25.0. The number of benzene rings is 3. The molecular weight excluding hydrogens is 531 g/mol. The van der Waals surface area contributed by atoms with Crippen LogP contribution < -0.4 is 9.04 Å². The van der Waals surface area contributed by atoms with Crippen molar-refractivity contribution in [2.75, 3.05) is 30.5 Å². The number of hydrogen-bond donors (Lipinski definition) is 1. The van der Waals surface area contributed by atoms with Crippen molar-refractivity contribution in [3.63, 3.8) is 0 Å². The number of ether oxygens (including phenoxy) is 1. The summed E-state index contributed by atoms with van der Waals surface area (Å²) < 4.78 is 34.6. The van der Waals surface area contributed by atoms with E-state index in [2.05, 4.69) is 4.90 Å². The molecule has 0 unspecified atom stereocenters. The highest BCUT2D eigenvalue weighted by Crippen LogP contribution is 2.38. The molecule has 0 saturated carbocycles. The number of sulfonamides is 1. The molecule has 0 aromatic heterocycles. The maximum Gasteiger partial charge on any atom is 0.266 e. The van der Waals surface area contributed by atoms with Crippen molar-refractivity contribution >= 4 is 50.5 Å². The van der Waals surface area contributed by atoms with Gasteiger partial charge < -0.3 is 9.84 Å². The van der Waals surface area contributed by atoms with Crippen LogP contribution in [0.3, 0.4) is 0 Å². The molecule has 0 aliphatic carbocycles. The fourth-order valence-electron chi connectivity index (χ4n) is 3.97. The Labute approximate surface area is 220 Å². The first-order valence-electron chi connectivity index (χ1n) is 11.1. The SMILES string of the molecule is O=S(=O)(c1ccc(Cl)c(Cl)c1Cl)N(Cc1cccc(O)c1)c1ccc(OCCN2CCCC2)cc1. The standard InChI is InChI=1S/C25H25Cl3N2O4S/c26-22-10-11-23(25(28)24(22)27)35(32,33)30(17-18-4-3-5-20(31)16-18)19-6-8-21(9-7-19)34-15-14-29-12-1-2-13-29/h3-11,16,31H,1-2,12-15,17H2. The summed E-state index contributed by atoms with van der Waals surface area (Å²) in [5.41, 5.74) is 0.998. The summed E-state index contributed by atoms with van der Waals surface area (Å²) in [5, 5.41) is 9.86. The van der Waals surface area contributed by atoms with E-state index in [1.807, 2.05) is 0 Å².